The highest BCUT2D eigenvalue weighted by Crippen LogP contribution is 2.36. The summed E-state index contributed by atoms with van der Waals surface area (Å²) in [6, 6.07) is 0.299. The number of carbonyl (C=O) groups excluding carboxylic acids is 1. The molecule has 1 aliphatic carbocycles. The molecule has 0 radical (unpaired) electrons. The monoisotopic (exact) mass is 287 g/mol. The lowest BCUT2D eigenvalue weighted by Gasteiger charge is -2.40. The zero-order valence-electron chi connectivity index (χ0n) is 13.0. The summed E-state index contributed by atoms with van der Waals surface area (Å²) in [5.41, 5.74) is -0.462. The van der Waals surface area contributed by atoms with Crippen LogP contribution in [0.4, 0.5) is 0 Å². The molecule has 0 aromatic carbocycles. The van der Waals surface area contributed by atoms with Gasteiger partial charge in [-0.05, 0) is 51.2 Å². The van der Waals surface area contributed by atoms with Gasteiger partial charge in [0.15, 0.2) is 0 Å². The maximum Gasteiger partial charge on any atom is 0.326 e. The molecule has 1 fully saturated rings. The Morgan fingerprint density at radius 2 is 2.11 bits per heavy atom. The first-order chi connectivity index (χ1) is 8.89. The van der Waals surface area contributed by atoms with Gasteiger partial charge in [0.25, 0.3) is 0 Å². The van der Waals surface area contributed by atoms with Crippen molar-refractivity contribution in [2.45, 2.75) is 70.2 Å². The number of hydrogen-bond acceptors (Lipinski definition) is 4. The second-order valence-electron chi connectivity index (χ2n) is 6.32. The van der Waals surface area contributed by atoms with Crippen molar-refractivity contribution >= 4 is 17.7 Å². The highest BCUT2D eigenvalue weighted by atomic mass is 32.2. The van der Waals surface area contributed by atoms with Crippen molar-refractivity contribution in [1.29, 1.82) is 0 Å². The Kier molecular flexibility index (Phi) is 6.67. The van der Waals surface area contributed by atoms with E-state index in [1.807, 2.05) is 11.8 Å². The molecule has 1 saturated carbocycles. The van der Waals surface area contributed by atoms with Crippen molar-refractivity contribution < 1.29 is 9.53 Å². The number of rotatable bonds is 6. The average Bonchev–Trinajstić information content (AvgIpc) is 2.35. The fourth-order valence-corrected chi connectivity index (χ4v) is 4.21. The van der Waals surface area contributed by atoms with Gasteiger partial charge in [0.05, 0.1) is 7.11 Å². The molecular formula is C15H29NO2S. The molecule has 2 atom stereocenters. The molecule has 0 bridgehead atoms. The van der Waals surface area contributed by atoms with Crippen LogP contribution >= 0.6 is 11.8 Å². The van der Waals surface area contributed by atoms with E-state index in [0.717, 1.165) is 19.3 Å². The van der Waals surface area contributed by atoms with E-state index in [1.54, 1.807) is 0 Å². The van der Waals surface area contributed by atoms with Crippen LogP contribution in [0.3, 0.4) is 0 Å². The largest absolute Gasteiger partial charge is 0.468 e. The number of nitrogens with one attached hydrogen (secondary N) is 1. The average molecular weight is 287 g/mol. The van der Waals surface area contributed by atoms with E-state index in [0.29, 0.717) is 17.2 Å². The molecule has 0 saturated heterocycles. The van der Waals surface area contributed by atoms with Gasteiger partial charge in [-0.15, -0.1) is 0 Å². The summed E-state index contributed by atoms with van der Waals surface area (Å²) >= 11 is 2.01. The molecule has 1 N–H and O–H groups in total. The van der Waals surface area contributed by atoms with Gasteiger partial charge < -0.3 is 4.74 Å². The van der Waals surface area contributed by atoms with E-state index >= 15 is 0 Å². The molecule has 3 nitrogen and oxygen atoms in total. The van der Waals surface area contributed by atoms with Crippen LogP contribution in [0.1, 0.15) is 53.4 Å². The maximum absolute atomic E-state index is 12.2. The fourth-order valence-electron chi connectivity index (χ4n) is 2.82. The molecule has 1 aliphatic rings. The molecule has 0 aromatic heterocycles. The fraction of sp³-hybridized carbons (Fsp3) is 0.933. The Bertz CT molecular complexity index is 294. The SMILES string of the molecule is COC(=O)C1(NC(C)C)CCCC(SCC(C)C)C1. The first kappa shape index (κ1) is 16.8. The van der Waals surface area contributed by atoms with Gasteiger partial charge in [0.1, 0.15) is 5.54 Å². The second-order valence-corrected chi connectivity index (χ2v) is 7.65. The highest BCUT2D eigenvalue weighted by molar-refractivity contribution is 7.99. The number of esters is 1. The molecule has 0 aliphatic heterocycles. The van der Waals surface area contributed by atoms with Crippen molar-refractivity contribution in [3.8, 4) is 0 Å². The quantitative estimate of drug-likeness (QED) is 0.761. The molecule has 0 aromatic rings. The minimum Gasteiger partial charge on any atom is -0.468 e. The Labute approximate surface area is 122 Å². The number of methoxy groups -OCH3 is 1. The van der Waals surface area contributed by atoms with Gasteiger partial charge in [-0.3, -0.25) is 10.1 Å². The van der Waals surface area contributed by atoms with Crippen molar-refractivity contribution in [2.75, 3.05) is 12.9 Å². The van der Waals surface area contributed by atoms with Gasteiger partial charge in [0, 0.05) is 11.3 Å². The standard InChI is InChI=1S/C15H29NO2S/c1-11(2)10-19-13-7-6-8-15(9-13,14(17)18-5)16-12(3)4/h11-13,16H,6-10H2,1-5H3. The van der Waals surface area contributed by atoms with Crippen LogP contribution in [0.15, 0.2) is 0 Å². The van der Waals surface area contributed by atoms with Crippen LogP contribution in [0, 0.1) is 5.92 Å². The lowest BCUT2D eigenvalue weighted by molar-refractivity contribution is -0.150. The van der Waals surface area contributed by atoms with Gasteiger partial charge >= 0.3 is 5.97 Å². The second kappa shape index (κ2) is 7.53. The van der Waals surface area contributed by atoms with Crippen LogP contribution in [0.5, 0.6) is 0 Å². The Balaban J connectivity index is 2.71. The molecular weight excluding hydrogens is 258 g/mol. The number of ether oxygens (including phenoxy) is 1. The normalized spacial score (nSPS) is 27.8. The van der Waals surface area contributed by atoms with E-state index in [9.17, 15) is 4.79 Å². The van der Waals surface area contributed by atoms with Crippen molar-refractivity contribution in [3.05, 3.63) is 0 Å². The Morgan fingerprint density at radius 1 is 1.42 bits per heavy atom. The van der Waals surface area contributed by atoms with Crippen LogP contribution in [0.25, 0.3) is 0 Å². The summed E-state index contributed by atoms with van der Waals surface area (Å²) in [5, 5.41) is 4.05. The molecule has 0 heterocycles. The van der Waals surface area contributed by atoms with Gasteiger partial charge in [-0.2, -0.15) is 11.8 Å². The number of hydrogen-bond donors (Lipinski definition) is 1. The zero-order valence-corrected chi connectivity index (χ0v) is 13.8. The van der Waals surface area contributed by atoms with E-state index < -0.39 is 5.54 Å². The van der Waals surface area contributed by atoms with Gasteiger partial charge in [-0.25, -0.2) is 0 Å². The van der Waals surface area contributed by atoms with Crippen molar-refractivity contribution in [1.82, 2.24) is 5.32 Å². The smallest absolute Gasteiger partial charge is 0.326 e. The van der Waals surface area contributed by atoms with Gasteiger partial charge in [-0.1, -0.05) is 13.8 Å². The molecule has 2 unspecified atom stereocenters. The third-order valence-corrected chi connectivity index (χ3v) is 5.25. The lowest BCUT2D eigenvalue weighted by atomic mass is 9.81. The molecule has 4 heteroatoms. The number of thioether (sulfide) groups is 1. The number of carbonyl (C=O) groups is 1. The Morgan fingerprint density at radius 3 is 2.63 bits per heavy atom. The Hall–Kier alpha value is -0.220. The zero-order chi connectivity index (χ0) is 14.5. The summed E-state index contributed by atoms with van der Waals surface area (Å²) in [4.78, 5) is 12.2. The molecule has 1 rings (SSSR count). The minimum atomic E-state index is -0.462. The summed E-state index contributed by atoms with van der Waals surface area (Å²) in [6.45, 7) is 8.68. The molecule has 0 amide bonds. The first-order valence-corrected chi connectivity index (χ1v) is 8.42. The lowest BCUT2D eigenvalue weighted by Crippen LogP contribution is -2.58. The third-order valence-electron chi connectivity index (χ3n) is 3.51. The summed E-state index contributed by atoms with van der Waals surface area (Å²) in [6.07, 6.45) is 4.12. The predicted molar refractivity (Wildman–Crippen MR) is 82.6 cm³/mol. The topological polar surface area (TPSA) is 38.3 Å². The van der Waals surface area contributed by atoms with Crippen LogP contribution in [0.2, 0.25) is 0 Å². The van der Waals surface area contributed by atoms with Gasteiger partial charge in [0.2, 0.25) is 0 Å². The van der Waals surface area contributed by atoms with Crippen molar-refractivity contribution in [2.24, 2.45) is 5.92 Å². The maximum atomic E-state index is 12.2. The third kappa shape index (κ3) is 4.99. The van der Waals surface area contributed by atoms with Crippen LogP contribution in [-0.2, 0) is 9.53 Å². The molecule has 0 spiro atoms. The van der Waals surface area contributed by atoms with E-state index in [-0.39, 0.29) is 5.97 Å². The summed E-state index contributed by atoms with van der Waals surface area (Å²) in [5.74, 6) is 1.79. The molecule has 19 heavy (non-hydrogen) atoms. The highest BCUT2D eigenvalue weighted by Gasteiger charge is 2.44. The van der Waals surface area contributed by atoms with E-state index in [2.05, 4.69) is 33.0 Å². The van der Waals surface area contributed by atoms with Crippen LogP contribution in [-0.4, -0.2) is 35.7 Å². The predicted octanol–water partition coefficient (Wildman–Crippen LogP) is 3.23. The van der Waals surface area contributed by atoms with Crippen LogP contribution < -0.4 is 5.32 Å². The van der Waals surface area contributed by atoms with Crippen molar-refractivity contribution in [3.63, 3.8) is 0 Å². The summed E-state index contributed by atoms with van der Waals surface area (Å²) in [7, 11) is 1.50. The van der Waals surface area contributed by atoms with E-state index in [1.165, 1.54) is 19.3 Å². The summed E-state index contributed by atoms with van der Waals surface area (Å²) < 4.78 is 5.06. The van der Waals surface area contributed by atoms with E-state index in [4.69, 9.17) is 4.74 Å². The minimum absolute atomic E-state index is 0.0870. The molecule has 112 valence electrons. The first-order valence-electron chi connectivity index (χ1n) is 7.37.